The van der Waals surface area contributed by atoms with E-state index < -0.39 is 11.4 Å². The van der Waals surface area contributed by atoms with Gasteiger partial charge in [0.25, 0.3) is 0 Å². The molecule has 31 heavy (non-hydrogen) atoms. The van der Waals surface area contributed by atoms with Gasteiger partial charge in [-0.05, 0) is 76.2 Å². The number of allylic oxidation sites excluding steroid dienone is 5. The Hall–Kier alpha value is -1.84. The Morgan fingerprint density at radius 3 is 2.29 bits per heavy atom. The molecule has 1 N–H and O–H groups in total. The van der Waals surface area contributed by atoms with Gasteiger partial charge >= 0.3 is 11.9 Å². The van der Waals surface area contributed by atoms with Crippen LogP contribution in [0.2, 0.25) is 0 Å². The number of ether oxygens (including phenoxy) is 1. The highest BCUT2D eigenvalue weighted by atomic mass is 16.5. The van der Waals surface area contributed by atoms with Crippen molar-refractivity contribution in [3.05, 3.63) is 36.0 Å². The highest BCUT2D eigenvalue weighted by Crippen LogP contribution is 2.41. The van der Waals surface area contributed by atoms with E-state index in [2.05, 4.69) is 50.7 Å². The van der Waals surface area contributed by atoms with Crippen LogP contribution in [0.5, 0.6) is 0 Å². The first-order chi connectivity index (χ1) is 14.6. The molecule has 4 nitrogen and oxygen atoms in total. The van der Waals surface area contributed by atoms with Crippen molar-refractivity contribution in [2.24, 2.45) is 23.2 Å². The maximum atomic E-state index is 10.4. The SMILES string of the molecule is CC(C)(C)C(=O)O.CCC.CC[C@H]1C(C)C=CC2=CCCC[C@@H]21.O=C1C=CCCCO1. The van der Waals surface area contributed by atoms with Gasteiger partial charge in [0.15, 0.2) is 0 Å². The Bertz CT molecular complexity index is 607. The number of hydrogen-bond acceptors (Lipinski definition) is 3. The molecular formula is C27H46O4. The van der Waals surface area contributed by atoms with Gasteiger partial charge in [-0.1, -0.05) is 64.8 Å². The normalized spacial score (nSPS) is 24.3. The predicted octanol–water partition coefficient (Wildman–Crippen LogP) is 7.36. The van der Waals surface area contributed by atoms with E-state index in [-0.39, 0.29) is 5.97 Å². The van der Waals surface area contributed by atoms with Crippen LogP contribution in [0.3, 0.4) is 0 Å². The highest BCUT2D eigenvalue weighted by molar-refractivity contribution is 5.82. The minimum absolute atomic E-state index is 0.206. The van der Waals surface area contributed by atoms with E-state index in [0.717, 1.165) is 30.6 Å². The van der Waals surface area contributed by atoms with Crippen molar-refractivity contribution in [2.75, 3.05) is 6.61 Å². The van der Waals surface area contributed by atoms with Crippen LogP contribution < -0.4 is 0 Å². The molecule has 3 rings (SSSR count). The zero-order valence-corrected chi connectivity index (χ0v) is 20.9. The maximum Gasteiger partial charge on any atom is 0.330 e. The molecule has 0 spiro atoms. The minimum Gasteiger partial charge on any atom is -0.481 e. The summed E-state index contributed by atoms with van der Waals surface area (Å²) < 4.78 is 4.68. The predicted molar refractivity (Wildman–Crippen MR) is 130 cm³/mol. The van der Waals surface area contributed by atoms with Gasteiger partial charge in [-0.25, -0.2) is 4.79 Å². The Morgan fingerprint density at radius 2 is 1.74 bits per heavy atom. The molecule has 0 aromatic heterocycles. The third kappa shape index (κ3) is 12.6. The molecule has 1 unspecified atom stereocenters. The summed E-state index contributed by atoms with van der Waals surface area (Å²) in [6.07, 6.45) is 19.2. The molecule has 3 atom stereocenters. The van der Waals surface area contributed by atoms with E-state index in [1.54, 1.807) is 26.3 Å². The lowest BCUT2D eigenvalue weighted by Crippen LogP contribution is -2.26. The molecule has 0 amide bonds. The first kappa shape index (κ1) is 29.2. The van der Waals surface area contributed by atoms with Gasteiger partial charge in [-0.3, -0.25) is 4.79 Å². The molecule has 0 bridgehead atoms. The smallest absolute Gasteiger partial charge is 0.330 e. The van der Waals surface area contributed by atoms with Crippen molar-refractivity contribution in [3.63, 3.8) is 0 Å². The second kappa shape index (κ2) is 15.9. The van der Waals surface area contributed by atoms with E-state index in [4.69, 9.17) is 5.11 Å². The zero-order chi connectivity index (χ0) is 23.9. The molecule has 0 aromatic rings. The molecule has 0 radical (unpaired) electrons. The number of esters is 1. The summed E-state index contributed by atoms with van der Waals surface area (Å²) in [5, 5.41) is 8.25. The lowest BCUT2D eigenvalue weighted by Gasteiger charge is -2.36. The van der Waals surface area contributed by atoms with Gasteiger partial charge in [-0.15, -0.1) is 0 Å². The topological polar surface area (TPSA) is 63.6 Å². The van der Waals surface area contributed by atoms with Gasteiger partial charge in [0.2, 0.25) is 0 Å². The quantitative estimate of drug-likeness (QED) is 0.438. The summed E-state index contributed by atoms with van der Waals surface area (Å²) in [4.78, 5) is 20.4. The van der Waals surface area contributed by atoms with Crippen LogP contribution in [0.4, 0.5) is 0 Å². The van der Waals surface area contributed by atoms with Gasteiger partial charge in [0.1, 0.15) is 0 Å². The molecule has 1 heterocycles. The van der Waals surface area contributed by atoms with Crippen molar-refractivity contribution < 1.29 is 19.4 Å². The molecular weight excluding hydrogens is 388 g/mol. The van der Waals surface area contributed by atoms with Crippen LogP contribution in [-0.2, 0) is 14.3 Å². The molecule has 2 aliphatic carbocycles. The second-order valence-electron chi connectivity index (χ2n) is 9.51. The largest absolute Gasteiger partial charge is 0.481 e. The summed E-state index contributed by atoms with van der Waals surface area (Å²) in [5.74, 6) is 1.63. The number of carbonyl (C=O) groups excluding carboxylic acids is 1. The maximum absolute atomic E-state index is 10.4. The van der Waals surface area contributed by atoms with E-state index >= 15 is 0 Å². The number of carboxylic acids is 1. The minimum atomic E-state index is -0.757. The Kier molecular flexibility index (Phi) is 14.9. The summed E-state index contributed by atoms with van der Waals surface area (Å²) in [5.41, 5.74) is 1.05. The van der Waals surface area contributed by atoms with Crippen LogP contribution in [0.25, 0.3) is 0 Å². The summed E-state index contributed by atoms with van der Waals surface area (Å²) in [6.45, 7) is 14.5. The first-order valence-electron chi connectivity index (χ1n) is 12.0. The van der Waals surface area contributed by atoms with E-state index in [0.29, 0.717) is 6.61 Å². The van der Waals surface area contributed by atoms with Crippen LogP contribution in [0.1, 0.15) is 93.4 Å². The van der Waals surface area contributed by atoms with Crippen LogP contribution in [0, 0.1) is 23.2 Å². The van der Waals surface area contributed by atoms with Gasteiger partial charge < -0.3 is 9.84 Å². The summed E-state index contributed by atoms with van der Waals surface area (Å²) in [7, 11) is 0. The standard InChI is InChI=1S/C13H20.C6H8O2.C5H10O2.C3H8/c1-3-12-10(2)8-9-11-6-4-5-7-13(11)12;7-6-4-2-1-3-5-8-6;1-5(2,3)4(6)7;1-3-2/h6,8-10,12-13H,3-5,7H2,1-2H3;2,4H,1,3,5H2;1-3H3,(H,6,7);3H2,1-2H3/t10?,12-,13-;;;/m0.../s1. The number of carbonyl (C=O) groups is 2. The zero-order valence-electron chi connectivity index (χ0n) is 20.9. The van der Waals surface area contributed by atoms with Crippen molar-refractivity contribution in [2.45, 2.75) is 93.4 Å². The molecule has 0 saturated carbocycles. The summed E-state index contributed by atoms with van der Waals surface area (Å²) >= 11 is 0. The number of carboxylic acid groups (broad SMARTS) is 1. The van der Waals surface area contributed by atoms with Crippen molar-refractivity contribution >= 4 is 11.9 Å². The lowest BCUT2D eigenvalue weighted by molar-refractivity contribution is -0.145. The molecule has 178 valence electrons. The number of cyclic esters (lactones) is 1. The molecule has 0 fully saturated rings. The lowest BCUT2D eigenvalue weighted by atomic mass is 9.69. The monoisotopic (exact) mass is 434 g/mol. The van der Waals surface area contributed by atoms with E-state index in [1.807, 2.05) is 6.08 Å². The average Bonchev–Trinajstić information content (AvgIpc) is 2.96. The van der Waals surface area contributed by atoms with Crippen LogP contribution in [-0.4, -0.2) is 23.7 Å². The summed E-state index contributed by atoms with van der Waals surface area (Å²) in [6, 6.07) is 0. The molecule has 3 aliphatic rings. The third-order valence-corrected chi connectivity index (χ3v) is 5.44. The Balaban J connectivity index is 0.000000434. The molecule has 1 aliphatic heterocycles. The van der Waals surface area contributed by atoms with Crippen molar-refractivity contribution in [1.29, 1.82) is 0 Å². The number of hydrogen-bond donors (Lipinski definition) is 1. The Labute approximate surface area is 190 Å². The molecule has 0 aromatic carbocycles. The fraction of sp³-hybridized carbons (Fsp3) is 0.704. The second-order valence-corrected chi connectivity index (χ2v) is 9.51. The molecule has 0 saturated heterocycles. The van der Waals surface area contributed by atoms with Gasteiger partial charge in [0, 0.05) is 6.08 Å². The van der Waals surface area contributed by atoms with Gasteiger partial charge in [0.05, 0.1) is 12.0 Å². The van der Waals surface area contributed by atoms with E-state index in [9.17, 15) is 9.59 Å². The van der Waals surface area contributed by atoms with Crippen LogP contribution >= 0.6 is 0 Å². The van der Waals surface area contributed by atoms with E-state index in [1.165, 1.54) is 38.2 Å². The number of fused-ring (bicyclic) bond motifs is 1. The van der Waals surface area contributed by atoms with Gasteiger partial charge in [-0.2, -0.15) is 0 Å². The fourth-order valence-corrected chi connectivity index (χ4v) is 3.61. The number of aliphatic carboxylic acids is 1. The third-order valence-electron chi connectivity index (χ3n) is 5.44. The Morgan fingerprint density at radius 1 is 1.13 bits per heavy atom. The molecule has 4 heteroatoms. The van der Waals surface area contributed by atoms with Crippen molar-refractivity contribution in [1.82, 2.24) is 0 Å². The number of rotatable bonds is 1. The van der Waals surface area contributed by atoms with Crippen molar-refractivity contribution in [3.8, 4) is 0 Å². The highest BCUT2D eigenvalue weighted by Gasteiger charge is 2.30. The van der Waals surface area contributed by atoms with Crippen LogP contribution in [0.15, 0.2) is 36.0 Å². The fourth-order valence-electron chi connectivity index (χ4n) is 3.61. The average molecular weight is 435 g/mol. The first-order valence-corrected chi connectivity index (χ1v) is 12.0.